The topological polar surface area (TPSA) is 69.6 Å². The van der Waals surface area contributed by atoms with Gasteiger partial charge in [0.1, 0.15) is 0 Å². The van der Waals surface area contributed by atoms with Gasteiger partial charge in [0.25, 0.3) is 11.8 Å². The van der Waals surface area contributed by atoms with Crippen LogP contribution in [-0.4, -0.2) is 41.5 Å². The number of halogens is 3. The van der Waals surface area contributed by atoms with Gasteiger partial charge in [-0.05, 0) is 54.7 Å². The van der Waals surface area contributed by atoms with Crippen LogP contribution in [0.2, 0.25) is 15.1 Å². The predicted molar refractivity (Wildman–Crippen MR) is 119 cm³/mol. The van der Waals surface area contributed by atoms with Crippen molar-refractivity contribution in [3.63, 3.8) is 0 Å². The molecule has 0 fully saturated rings. The lowest BCUT2D eigenvalue weighted by Crippen LogP contribution is -2.32. The van der Waals surface area contributed by atoms with E-state index >= 15 is 0 Å². The minimum atomic E-state index is -0.530. The van der Waals surface area contributed by atoms with Gasteiger partial charge in [0.15, 0.2) is 5.76 Å². The van der Waals surface area contributed by atoms with Crippen LogP contribution in [0, 0.1) is 0 Å². The number of hydrogen-bond donors (Lipinski definition) is 2. The van der Waals surface area contributed by atoms with Crippen molar-refractivity contribution in [2.24, 2.45) is 0 Å². The van der Waals surface area contributed by atoms with Gasteiger partial charge in [0.2, 0.25) is 0 Å². The number of hydrogen-bond acceptors (Lipinski definition) is 3. The highest BCUT2D eigenvalue weighted by Gasteiger charge is 2.33. The molecule has 0 radical (unpaired) electrons. The van der Waals surface area contributed by atoms with Crippen molar-refractivity contribution in [1.29, 1.82) is 0 Å². The van der Waals surface area contributed by atoms with Gasteiger partial charge in [-0.2, -0.15) is 0 Å². The lowest BCUT2D eigenvalue weighted by molar-refractivity contribution is -0.127. The van der Waals surface area contributed by atoms with Crippen LogP contribution >= 0.6 is 34.8 Å². The number of carbonyl (C=O) groups excluding carboxylic acids is 2. The Bertz CT molecular complexity index is 991. The van der Waals surface area contributed by atoms with Crippen molar-refractivity contribution in [1.82, 2.24) is 10.2 Å². The molecule has 2 aromatic rings. The summed E-state index contributed by atoms with van der Waals surface area (Å²) >= 11 is 17.9. The van der Waals surface area contributed by atoms with Crippen molar-refractivity contribution in [2.75, 3.05) is 19.6 Å². The Morgan fingerprint density at radius 1 is 1.03 bits per heavy atom. The summed E-state index contributed by atoms with van der Waals surface area (Å²) in [4.78, 5) is 26.1. The monoisotopic (exact) mass is 466 g/mol. The zero-order valence-corrected chi connectivity index (χ0v) is 18.4. The van der Waals surface area contributed by atoms with Crippen LogP contribution in [0.25, 0.3) is 0 Å². The average Bonchev–Trinajstić information content (AvgIpc) is 3.00. The van der Waals surface area contributed by atoms with Crippen LogP contribution < -0.4 is 5.32 Å². The molecule has 5 nitrogen and oxygen atoms in total. The van der Waals surface area contributed by atoms with Gasteiger partial charge in [-0.15, -0.1) is 0 Å². The summed E-state index contributed by atoms with van der Waals surface area (Å²) in [6, 6.07) is 12.8. The maximum atomic E-state index is 12.4. The number of aliphatic hydroxyl groups is 1. The molecule has 0 aliphatic carbocycles. The summed E-state index contributed by atoms with van der Waals surface area (Å²) in [5.41, 5.74) is 2.10. The molecule has 3 rings (SSSR count). The summed E-state index contributed by atoms with van der Waals surface area (Å²) in [7, 11) is 0. The van der Waals surface area contributed by atoms with Crippen LogP contribution in [0.4, 0.5) is 0 Å². The largest absolute Gasteiger partial charge is 0.503 e. The minimum absolute atomic E-state index is 0.0872. The van der Waals surface area contributed by atoms with Gasteiger partial charge in [0, 0.05) is 18.1 Å². The summed E-state index contributed by atoms with van der Waals surface area (Å²) < 4.78 is 0. The number of nitrogens with zero attached hydrogens (tertiary/aromatic N) is 1. The summed E-state index contributed by atoms with van der Waals surface area (Å²) in [6.45, 7) is 0.883. The number of amides is 2. The first kappa shape index (κ1) is 22.5. The maximum Gasteiger partial charge on any atom is 0.289 e. The third-order valence-electron chi connectivity index (χ3n) is 4.87. The molecule has 0 spiro atoms. The molecule has 0 unspecified atom stereocenters. The zero-order chi connectivity index (χ0) is 21.7. The molecule has 2 N–H and O–H groups in total. The Morgan fingerprint density at radius 3 is 2.53 bits per heavy atom. The summed E-state index contributed by atoms with van der Waals surface area (Å²) in [6.07, 6.45) is 1.98. The molecule has 1 aliphatic heterocycles. The fourth-order valence-electron chi connectivity index (χ4n) is 3.23. The van der Waals surface area contributed by atoms with E-state index in [0.717, 1.165) is 11.1 Å². The van der Waals surface area contributed by atoms with E-state index in [2.05, 4.69) is 5.32 Å². The molecule has 0 saturated carbocycles. The summed E-state index contributed by atoms with van der Waals surface area (Å²) in [5.74, 6) is -1.44. The van der Waals surface area contributed by atoms with E-state index in [0.29, 0.717) is 47.4 Å². The van der Waals surface area contributed by atoms with E-state index in [-0.39, 0.29) is 12.1 Å². The standard InChI is InChI=1S/C22H21Cl3N2O3/c23-16-5-1-3-15(11-16)8-10-27-13-17(20(28)22(27)30)21(29)26-9-2-4-14-6-7-18(24)19(25)12-14/h1,3,5-7,11-12,28H,2,4,8-10,13H2,(H,26,29). The van der Waals surface area contributed by atoms with Crippen LogP contribution in [-0.2, 0) is 22.4 Å². The van der Waals surface area contributed by atoms with Crippen LogP contribution in [0.1, 0.15) is 17.5 Å². The van der Waals surface area contributed by atoms with Crippen molar-refractivity contribution in [3.8, 4) is 0 Å². The van der Waals surface area contributed by atoms with Crippen molar-refractivity contribution < 1.29 is 14.7 Å². The first-order chi connectivity index (χ1) is 14.3. The molecule has 0 atom stereocenters. The van der Waals surface area contributed by atoms with E-state index in [1.807, 2.05) is 24.3 Å². The Kier molecular flexibility index (Phi) is 7.64. The molecule has 8 heteroatoms. The average molecular weight is 468 g/mol. The quantitative estimate of drug-likeness (QED) is 0.558. The Hall–Kier alpha value is -2.21. The molecule has 30 heavy (non-hydrogen) atoms. The molecule has 0 aromatic heterocycles. The number of aryl methyl sites for hydroxylation is 1. The second-order valence-electron chi connectivity index (χ2n) is 7.04. The van der Waals surface area contributed by atoms with E-state index in [1.165, 1.54) is 4.90 Å². The third-order valence-corrected chi connectivity index (χ3v) is 5.84. The number of benzene rings is 2. The minimum Gasteiger partial charge on any atom is -0.503 e. The highest BCUT2D eigenvalue weighted by Crippen LogP contribution is 2.23. The maximum absolute atomic E-state index is 12.4. The van der Waals surface area contributed by atoms with Gasteiger partial charge in [0.05, 0.1) is 22.2 Å². The third kappa shape index (κ3) is 5.69. The SMILES string of the molecule is O=C(NCCCc1ccc(Cl)c(Cl)c1)C1=C(O)C(=O)N(CCc2cccc(Cl)c2)C1. The first-order valence-corrected chi connectivity index (χ1v) is 10.7. The van der Waals surface area contributed by atoms with Crippen molar-refractivity contribution in [2.45, 2.75) is 19.3 Å². The predicted octanol–water partition coefficient (Wildman–Crippen LogP) is 4.59. The Labute approximate surface area is 190 Å². The molecule has 2 amide bonds. The molecule has 2 aromatic carbocycles. The molecule has 1 heterocycles. The second-order valence-corrected chi connectivity index (χ2v) is 8.29. The number of rotatable bonds is 8. The number of aliphatic hydroxyl groups excluding tert-OH is 1. The van der Waals surface area contributed by atoms with Crippen LogP contribution in [0.5, 0.6) is 0 Å². The fourth-order valence-corrected chi connectivity index (χ4v) is 3.76. The Balaban J connectivity index is 1.47. The Morgan fingerprint density at radius 2 is 1.80 bits per heavy atom. The van der Waals surface area contributed by atoms with Crippen molar-refractivity contribution >= 4 is 46.6 Å². The van der Waals surface area contributed by atoms with Gasteiger partial charge < -0.3 is 15.3 Å². The zero-order valence-electron chi connectivity index (χ0n) is 16.1. The normalized spacial score (nSPS) is 13.8. The molecule has 0 bridgehead atoms. The van der Waals surface area contributed by atoms with Crippen LogP contribution in [0.15, 0.2) is 53.8 Å². The number of carbonyl (C=O) groups is 2. The smallest absolute Gasteiger partial charge is 0.289 e. The van der Waals surface area contributed by atoms with Gasteiger partial charge in [-0.1, -0.05) is 53.0 Å². The number of nitrogens with one attached hydrogen (secondary N) is 1. The molecule has 1 aliphatic rings. The van der Waals surface area contributed by atoms with Crippen molar-refractivity contribution in [3.05, 3.63) is 80.0 Å². The van der Waals surface area contributed by atoms with E-state index in [4.69, 9.17) is 34.8 Å². The van der Waals surface area contributed by atoms with Gasteiger partial charge in [-0.25, -0.2) is 0 Å². The van der Waals surface area contributed by atoms with E-state index < -0.39 is 17.6 Å². The molecule has 158 valence electrons. The highest BCUT2D eigenvalue weighted by molar-refractivity contribution is 6.42. The van der Waals surface area contributed by atoms with Crippen LogP contribution in [0.3, 0.4) is 0 Å². The molecule has 0 saturated heterocycles. The molecular weight excluding hydrogens is 447 g/mol. The lowest BCUT2D eigenvalue weighted by atomic mass is 10.1. The van der Waals surface area contributed by atoms with E-state index in [1.54, 1.807) is 18.2 Å². The van der Waals surface area contributed by atoms with Gasteiger partial charge in [-0.3, -0.25) is 9.59 Å². The molecular formula is C22H21Cl3N2O3. The first-order valence-electron chi connectivity index (χ1n) is 9.53. The fraction of sp³-hybridized carbons (Fsp3) is 0.273. The second kappa shape index (κ2) is 10.2. The van der Waals surface area contributed by atoms with E-state index in [9.17, 15) is 14.7 Å². The van der Waals surface area contributed by atoms with Gasteiger partial charge >= 0.3 is 0 Å². The highest BCUT2D eigenvalue weighted by atomic mass is 35.5. The summed E-state index contributed by atoms with van der Waals surface area (Å²) in [5, 5.41) is 14.5. The lowest BCUT2D eigenvalue weighted by Gasteiger charge is -2.16.